The van der Waals surface area contributed by atoms with Crippen LogP contribution in [-0.2, 0) is 0 Å². The van der Waals surface area contributed by atoms with Gasteiger partial charge in [-0.2, -0.15) is 0 Å². The van der Waals surface area contributed by atoms with Gasteiger partial charge in [0.2, 0.25) is 0 Å². The molecule has 0 radical (unpaired) electrons. The number of nitrogen functional groups attached to an aromatic ring is 1. The van der Waals surface area contributed by atoms with E-state index in [1.165, 1.54) is 19.3 Å². The van der Waals surface area contributed by atoms with Crippen LogP contribution in [-0.4, -0.2) is 16.5 Å². The van der Waals surface area contributed by atoms with E-state index in [1.54, 1.807) is 0 Å². The SMILES string of the molecule is CCC1(CNc2cc(N)nc(C(C)C)n2)CC1. The molecule has 0 aromatic carbocycles. The zero-order chi connectivity index (χ0) is 12.5. The fourth-order valence-electron chi connectivity index (χ4n) is 1.94. The second kappa shape index (κ2) is 4.51. The fraction of sp³-hybridized carbons (Fsp3) is 0.692. The highest BCUT2D eigenvalue weighted by Gasteiger charge is 2.40. The minimum absolute atomic E-state index is 0.306. The minimum atomic E-state index is 0.306. The minimum Gasteiger partial charge on any atom is -0.384 e. The smallest absolute Gasteiger partial charge is 0.135 e. The van der Waals surface area contributed by atoms with Gasteiger partial charge in [-0.15, -0.1) is 0 Å². The van der Waals surface area contributed by atoms with Crippen molar-refractivity contribution in [3.8, 4) is 0 Å². The summed E-state index contributed by atoms with van der Waals surface area (Å²) in [6, 6.07) is 1.82. The third-order valence-corrected chi connectivity index (χ3v) is 3.63. The van der Waals surface area contributed by atoms with E-state index in [0.29, 0.717) is 17.2 Å². The number of nitrogens with zero attached hydrogens (tertiary/aromatic N) is 2. The second-order valence-electron chi connectivity index (χ2n) is 5.40. The molecule has 1 aromatic rings. The van der Waals surface area contributed by atoms with Gasteiger partial charge in [-0.1, -0.05) is 20.8 Å². The highest BCUT2D eigenvalue weighted by Crippen LogP contribution is 2.48. The van der Waals surface area contributed by atoms with Crippen LogP contribution in [0, 0.1) is 5.41 Å². The molecule has 0 saturated heterocycles. The van der Waals surface area contributed by atoms with Crippen LogP contribution in [0.1, 0.15) is 51.8 Å². The maximum atomic E-state index is 5.79. The van der Waals surface area contributed by atoms with Crippen molar-refractivity contribution in [3.63, 3.8) is 0 Å². The molecule has 94 valence electrons. The molecule has 1 saturated carbocycles. The molecule has 4 nitrogen and oxygen atoms in total. The molecule has 1 heterocycles. The molecule has 4 heteroatoms. The number of hydrogen-bond acceptors (Lipinski definition) is 4. The molecule has 0 atom stereocenters. The largest absolute Gasteiger partial charge is 0.384 e. The normalized spacial score (nSPS) is 17.2. The fourth-order valence-corrected chi connectivity index (χ4v) is 1.94. The zero-order valence-corrected chi connectivity index (χ0v) is 11.0. The first-order valence-electron chi connectivity index (χ1n) is 6.43. The summed E-state index contributed by atoms with van der Waals surface area (Å²) in [6.07, 6.45) is 3.89. The molecule has 1 aliphatic rings. The van der Waals surface area contributed by atoms with Crippen molar-refractivity contribution in [2.24, 2.45) is 5.41 Å². The van der Waals surface area contributed by atoms with E-state index in [2.05, 4.69) is 36.1 Å². The Morgan fingerprint density at radius 2 is 2.12 bits per heavy atom. The van der Waals surface area contributed by atoms with Gasteiger partial charge in [-0.3, -0.25) is 0 Å². The van der Waals surface area contributed by atoms with Crippen LogP contribution < -0.4 is 11.1 Å². The van der Waals surface area contributed by atoms with Crippen molar-refractivity contribution in [2.75, 3.05) is 17.6 Å². The average Bonchev–Trinajstić information content (AvgIpc) is 3.06. The van der Waals surface area contributed by atoms with Crippen LogP contribution in [0.2, 0.25) is 0 Å². The van der Waals surface area contributed by atoms with Gasteiger partial charge in [0.25, 0.3) is 0 Å². The quantitative estimate of drug-likeness (QED) is 0.822. The molecule has 1 aromatic heterocycles. The van der Waals surface area contributed by atoms with Gasteiger partial charge in [0.15, 0.2) is 0 Å². The van der Waals surface area contributed by atoms with Crippen molar-refractivity contribution in [1.29, 1.82) is 0 Å². The predicted octanol–water partition coefficient (Wildman–Crippen LogP) is 2.78. The Balaban J connectivity index is 2.05. The second-order valence-corrected chi connectivity index (χ2v) is 5.40. The molecular formula is C13H22N4. The summed E-state index contributed by atoms with van der Waals surface area (Å²) < 4.78 is 0. The van der Waals surface area contributed by atoms with Crippen LogP contribution in [0.5, 0.6) is 0 Å². The van der Waals surface area contributed by atoms with Gasteiger partial charge < -0.3 is 11.1 Å². The molecule has 17 heavy (non-hydrogen) atoms. The van der Waals surface area contributed by atoms with Gasteiger partial charge in [-0.05, 0) is 24.7 Å². The Bertz CT molecular complexity index is 396. The number of nitrogens with one attached hydrogen (secondary N) is 1. The summed E-state index contributed by atoms with van der Waals surface area (Å²) in [5.41, 5.74) is 6.31. The standard InChI is InChI=1S/C13H22N4/c1-4-13(5-6-13)8-15-11-7-10(14)16-12(17-11)9(2)3/h7,9H,4-6,8H2,1-3H3,(H3,14,15,16,17). The predicted molar refractivity (Wildman–Crippen MR) is 71.0 cm³/mol. The third-order valence-electron chi connectivity index (χ3n) is 3.63. The van der Waals surface area contributed by atoms with Crippen LogP contribution in [0.15, 0.2) is 6.07 Å². The first-order chi connectivity index (χ1) is 8.04. The van der Waals surface area contributed by atoms with E-state index in [9.17, 15) is 0 Å². The van der Waals surface area contributed by atoms with Gasteiger partial charge in [0.05, 0.1) is 0 Å². The van der Waals surface area contributed by atoms with E-state index in [4.69, 9.17) is 5.73 Å². The summed E-state index contributed by atoms with van der Waals surface area (Å²) in [6.45, 7) is 7.40. The maximum Gasteiger partial charge on any atom is 0.135 e. The number of rotatable bonds is 5. The van der Waals surface area contributed by atoms with Crippen molar-refractivity contribution in [2.45, 2.75) is 46.0 Å². The van der Waals surface area contributed by atoms with Crippen molar-refractivity contribution >= 4 is 11.6 Å². The van der Waals surface area contributed by atoms with Crippen molar-refractivity contribution in [1.82, 2.24) is 9.97 Å². The highest BCUT2D eigenvalue weighted by molar-refractivity contribution is 5.45. The van der Waals surface area contributed by atoms with Gasteiger partial charge in [0.1, 0.15) is 17.5 Å². The molecule has 0 unspecified atom stereocenters. The van der Waals surface area contributed by atoms with Crippen molar-refractivity contribution < 1.29 is 0 Å². The van der Waals surface area contributed by atoms with Crippen LogP contribution in [0.4, 0.5) is 11.6 Å². The van der Waals surface area contributed by atoms with Crippen LogP contribution >= 0.6 is 0 Å². The summed E-state index contributed by atoms with van der Waals surface area (Å²) in [4.78, 5) is 8.74. The summed E-state index contributed by atoms with van der Waals surface area (Å²) >= 11 is 0. The molecule has 1 fully saturated rings. The molecule has 0 aliphatic heterocycles. The molecular weight excluding hydrogens is 212 g/mol. The Kier molecular flexibility index (Phi) is 3.22. The molecule has 2 rings (SSSR count). The zero-order valence-electron chi connectivity index (χ0n) is 11.0. The van der Waals surface area contributed by atoms with Gasteiger partial charge in [-0.25, -0.2) is 9.97 Å². The Morgan fingerprint density at radius 1 is 1.41 bits per heavy atom. The lowest BCUT2D eigenvalue weighted by atomic mass is 10.0. The first kappa shape index (κ1) is 12.1. The summed E-state index contributed by atoms with van der Waals surface area (Å²) in [5.74, 6) is 2.53. The third kappa shape index (κ3) is 2.87. The Hall–Kier alpha value is -1.32. The van der Waals surface area contributed by atoms with Gasteiger partial charge in [0, 0.05) is 18.5 Å². The molecule has 3 N–H and O–H groups in total. The van der Waals surface area contributed by atoms with E-state index in [0.717, 1.165) is 18.2 Å². The summed E-state index contributed by atoms with van der Waals surface area (Å²) in [5, 5.41) is 3.40. The number of anilines is 2. The monoisotopic (exact) mass is 234 g/mol. The molecule has 1 aliphatic carbocycles. The van der Waals surface area contributed by atoms with E-state index in [1.807, 2.05) is 6.07 Å². The number of hydrogen-bond donors (Lipinski definition) is 2. The van der Waals surface area contributed by atoms with Crippen LogP contribution in [0.25, 0.3) is 0 Å². The van der Waals surface area contributed by atoms with E-state index >= 15 is 0 Å². The molecule has 0 spiro atoms. The lowest BCUT2D eigenvalue weighted by molar-refractivity contribution is 0.520. The highest BCUT2D eigenvalue weighted by atomic mass is 15.1. The van der Waals surface area contributed by atoms with Crippen molar-refractivity contribution in [3.05, 3.63) is 11.9 Å². The van der Waals surface area contributed by atoms with Crippen LogP contribution in [0.3, 0.4) is 0 Å². The molecule has 0 bridgehead atoms. The number of aromatic nitrogens is 2. The van der Waals surface area contributed by atoms with E-state index in [-0.39, 0.29) is 0 Å². The van der Waals surface area contributed by atoms with E-state index < -0.39 is 0 Å². The number of nitrogens with two attached hydrogens (primary N) is 1. The maximum absolute atomic E-state index is 5.79. The van der Waals surface area contributed by atoms with Gasteiger partial charge >= 0.3 is 0 Å². The average molecular weight is 234 g/mol. The lowest BCUT2D eigenvalue weighted by Crippen LogP contribution is -2.16. The lowest BCUT2D eigenvalue weighted by Gasteiger charge is -2.15. The Morgan fingerprint density at radius 3 is 2.65 bits per heavy atom. The topological polar surface area (TPSA) is 63.8 Å². The Labute approximate surface area is 103 Å². The molecule has 0 amide bonds. The summed E-state index contributed by atoms with van der Waals surface area (Å²) in [7, 11) is 0. The first-order valence-corrected chi connectivity index (χ1v) is 6.43.